The smallest absolute Gasteiger partial charge is 0.387 e. The SMILES string of the molecule is CCOc1cc(CNC(=O)C2CC23CCNCC3)ccc1OC(F)F.Cl. The minimum absolute atomic E-state index is 0. The first-order chi connectivity index (χ1) is 12.0. The highest BCUT2D eigenvalue weighted by atomic mass is 35.5. The molecule has 2 aliphatic rings. The Balaban J connectivity index is 0.00000243. The summed E-state index contributed by atoms with van der Waals surface area (Å²) in [4.78, 5) is 12.4. The number of alkyl halides is 2. The Labute approximate surface area is 158 Å². The third-order valence-electron chi connectivity index (χ3n) is 5.10. The first-order valence-electron chi connectivity index (χ1n) is 8.73. The number of amides is 1. The van der Waals surface area contributed by atoms with Gasteiger partial charge < -0.3 is 20.1 Å². The molecule has 1 saturated carbocycles. The van der Waals surface area contributed by atoms with Gasteiger partial charge in [0.15, 0.2) is 11.5 Å². The van der Waals surface area contributed by atoms with Crippen molar-refractivity contribution in [2.75, 3.05) is 19.7 Å². The van der Waals surface area contributed by atoms with E-state index in [9.17, 15) is 13.6 Å². The van der Waals surface area contributed by atoms with E-state index in [0.29, 0.717) is 13.2 Å². The van der Waals surface area contributed by atoms with Crippen molar-refractivity contribution in [3.63, 3.8) is 0 Å². The summed E-state index contributed by atoms with van der Waals surface area (Å²) in [5, 5.41) is 6.28. The second-order valence-electron chi connectivity index (χ2n) is 6.68. The number of hydrogen-bond acceptors (Lipinski definition) is 4. The van der Waals surface area contributed by atoms with Crippen molar-refractivity contribution in [2.24, 2.45) is 11.3 Å². The monoisotopic (exact) mass is 390 g/mol. The van der Waals surface area contributed by atoms with Gasteiger partial charge in [-0.05, 0) is 62.4 Å². The van der Waals surface area contributed by atoms with Crippen LogP contribution in [0.4, 0.5) is 8.78 Å². The van der Waals surface area contributed by atoms with Gasteiger partial charge in [0.2, 0.25) is 5.91 Å². The Morgan fingerprint density at radius 3 is 2.73 bits per heavy atom. The topological polar surface area (TPSA) is 59.6 Å². The maximum atomic E-state index is 12.4. The van der Waals surface area contributed by atoms with Crippen LogP contribution in [-0.4, -0.2) is 32.2 Å². The van der Waals surface area contributed by atoms with Crippen molar-refractivity contribution in [1.29, 1.82) is 0 Å². The molecule has 1 aliphatic carbocycles. The van der Waals surface area contributed by atoms with E-state index in [4.69, 9.17) is 4.74 Å². The van der Waals surface area contributed by atoms with Crippen LogP contribution < -0.4 is 20.1 Å². The van der Waals surface area contributed by atoms with Gasteiger partial charge >= 0.3 is 6.61 Å². The van der Waals surface area contributed by atoms with E-state index < -0.39 is 6.61 Å². The lowest BCUT2D eigenvalue weighted by Gasteiger charge is -2.23. The Bertz CT molecular complexity index is 624. The lowest BCUT2D eigenvalue weighted by molar-refractivity contribution is -0.123. The van der Waals surface area contributed by atoms with Crippen LogP contribution in [0.5, 0.6) is 11.5 Å². The Morgan fingerprint density at radius 1 is 1.35 bits per heavy atom. The Hall–Kier alpha value is -1.60. The van der Waals surface area contributed by atoms with Crippen molar-refractivity contribution in [3.8, 4) is 11.5 Å². The van der Waals surface area contributed by atoms with Crippen LogP contribution in [0.1, 0.15) is 31.7 Å². The first kappa shape index (κ1) is 20.7. The predicted molar refractivity (Wildman–Crippen MR) is 96.0 cm³/mol. The van der Waals surface area contributed by atoms with Crippen molar-refractivity contribution in [2.45, 2.75) is 39.3 Å². The van der Waals surface area contributed by atoms with Gasteiger partial charge in [-0.2, -0.15) is 8.78 Å². The number of nitrogens with one attached hydrogen (secondary N) is 2. The van der Waals surface area contributed by atoms with E-state index in [1.807, 2.05) is 0 Å². The standard InChI is InChI=1S/C18H24F2N2O3.ClH/c1-2-24-15-9-12(3-4-14(15)25-17(19)20)11-22-16(23)13-10-18(13)5-7-21-8-6-18;/h3-4,9,13,17,21H,2,5-8,10-11H2,1H3,(H,22,23);1H. The number of carbonyl (C=O) groups is 1. The Morgan fingerprint density at radius 2 is 2.08 bits per heavy atom. The molecule has 146 valence electrons. The summed E-state index contributed by atoms with van der Waals surface area (Å²) in [6.45, 7) is 1.51. The average molecular weight is 391 g/mol. The number of benzene rings is 1. The van der Waals surface area contributed by atoms with E-state index in [1.54, 1.807) is 19.1 Å². The van der Waals surface area contributed by atoms with Gasteiger partial charge in [-0.25, -0.2) is 0 Å². The predicted octanol–water partition coefficient (Wildman–Crippen LogP) is 3.11. The summed E-state index contributed by atoms with van der Waals surface area (Å²) in [6.07, 6.45) is 3.07. The highest BCUT2D eigenvalue weighted by Crippen LogP contribution is 2.58. The van der Waals surface area contributed by atoms with Crippen molar-refractivity contribution < 1.29 is 23.0 Å². The van der Waals surface area contributed by atoms with Crippen LogP contribution in [0.15, 0.2) is 18.2 Å². The van der Waals surface area contributed by atoms with Crippen LogP contribution in [-0.2, 0) is 11.3 Å². The third kappa shape index (κ3) is 4.76. The molecule has 0 bridgehead atoms. The second kappa shape index (κ2) is 8.86. The molecule has 1 atom stereocenters. The number of halogens is 3. The molecule has 0 aromatic heterocycles. The molecular weight excluding hydrogens is 366 g/mol. The maximum absolute atomic E-state index is 12.4. The van der Waals surface area contributed by atoms with Crippen LogP contribution in [0.3, 0.4) is 0 Å². The molecule has 3 rings (SSSR count). The fourth-order valence-electron chi connectivity index (χ4n) is 3.63. The van der Waals surface area contributed by atoms with E-state index in [-0.39, 0.29) is 41.1 Å². The highest BCUT2D eigenvalue weighted by Gasteiger charge is 2.57. The molecule has 1 saturated heterocycles. The number of rotatable bonds is 7. The molecule has 1 spiro atoms. The van der Waals surface area contributed by atoms with Crippen LogP contribution >= 0.6 is 12.4 Å². The molecule has 26 heavy (non-hydrogen) atoms. The molecule has 1 aromatic rings. The molecule has 1 aromatic carbocycles. The first-order valence-corrected chi connectivity index (χ1v) is 8.73. The molecule has 1 heterocycles. The fraction of sp³-hybridized carbons (Fsp3) is 0.611. The van der Waals surface area contributed by atoms with E-state index in [1.165, 1.54) is 6.07 Å². The summed E-state index contributed by atoms with van der Waals surface area (Å²) in [5.74, 6) is 0.439. The zero-order valence-electron chi connectivity index (χ0n) is 14.7. The minimum Gasteiger partial charge on any atom is -0.490 e. The lowest BCUT2D eigenvalue weighted by atomic mass is 9.92. The molecule has 5 nitrogen and oxygen atoms in total. The van der Waals surface area contributed by atoms with Gasteiger partial charge in [0.25, 0.3) is 0 Å². The molecule has 1 amide bonds. The molecule has 0 radical (unpaired) electrons. The number of carbonyl (C=O) groups excluding carboxylic acids is 1. The number of ether oxygens (including phenoxy) is 2. The molecular formula is C18H25ClF2N2O3. The summed E-state index contributed by atoms with van der Waals surface area (Å²) >= 11 is 0. The van der Waals surface area contributed by atoms with E-state index >= 15 is 0 Å². The van der Waals surface area contributed by atoms with Crippen molar-refractivity contribution in [3.05, 3.63) is 23.8 Å². The second-order valence-corrected chi connectivity index (χ2v) is 6.68. The van der Waals surface area contributed by atoms with Gasteiger partial charge in [-0.1, -0.05) is 6.07 Å². The van der Waals surface area contributed by atoms with Crippen LogP contribution in [0.2, 0.25) is 0 Å². The van der Waals surface area contributed by atoms with Gasteiger partial charge in [0, 0.05) is 12.5 Å². The molecule has 2 fully saturated rings. The summed E-state index contributed by atoms with van der Waals surface area (Å²) in [7, 11) is 0. The number of piperidine rings is 1. The van der Waals surface area contributed by atoms with Gasteiger partial charge in [-0.15, -0.1) is 12.4 Å². The Kier molecular flexibility index (Phi) is 7.06. The average Bonchev–Trinajstić information content (AvgIpc) is 3.28. The summed E-state index contributed by atoms with van der Waals surface area (Å²) in [6, 6.07) is 4.74. The van der Waals surface area contributed by atoms with E-state index in [0.717, 1.165) is 37.9 Å². The normalized spacial score (nSPS) is 20.4. The van der Waals surface area contributed by atoms with Gasteiger partial charge in [0.05, 0.1) is 6.61 Å². The van der Waals surface area contributed by atoms with Crippen molar-refractivity contribution in [1.82, 2.24) is 10.6 Å². The molecule has 1 unspecified atom stereocenters. The largest absolute Gasteiger partial charge is 0.490 e. The quantitative estimate of drug-likeness (QED) is 0.751. The molecule has 8 heteroatoms. The minimum atomic E-state index is -2.90. The lowest BCUT2D eigenvalue weighted by Crippen LogP contribution is -2.33. The van der Waals surface area contributed by atoms with E-state index in [2.05, 4.69) is 15.4 Å². The summed E-state index contributed by atoms with van der Waals surface area (Å²) in [5.41, 5.74) is 0.985. The zero-order valence-corrected chi connectivity index (χ0v) is 15.5. The highest BCUT2D eigenvalue weighted by molar-refractivity contribution is 5.85. The molecule has 2 N–H and O–H groups in total. The van der Waals surface area contributed by atoms with Crippen LogP contribution in [0, 0.1) is 11.3 Å². The third-order valence-corrected chi connectivity index (χ3v) is 5.10. The van der Waals surface area contributed by atoms with Gasteiger partial charge in [0.1, 0.15) is 0 Å². The fourth-order valence-corrected chi connectivity index (χ4v) is 3.63. The van der Waals surface area contributed by atoms with Crippen LogP contribution in [0.25, 0.3) is 0 Å². The molecule has 1 aliphatic heterocycles. The summed E-state index contributed by atoms with van der Waals surface area (Å²) < 4.78 is 34.7. The number of hydrogen-bond donors (Lipinski definition) is 2. The van der Waals surface area contributed by atoms with Crippen molar-refractivity contribution >= 4 is 18.3 Å². The maximum Gasteiger partial charge on any atom is 0.387 e. The zero-order chi connectivity index (χ0) is 17.9. The van der Waals surface area contributed by atoms with Gasteiger partial charge in [-0.3, -0.25) is 4.79 Å².